The van der Waals surface area contributed by atoms with Gasteiger partial charge < -0.3 is 15.2 Å². The van der Waals surface area contributed by atoms with E-state index in [1.165, 1.54) is 6.07 Å². The van der Waals surface area contributed by atoms with Gasteiger partial charge >= 0.3 is 0 Å². The first-order valence-corrected chi connectivity index (χ1v) is 12.5. The Balaban J connectivity index is 1.41. The maximum atomic E-state index is 14.6. The first kappa shape index (κ1) is 24.4. The number of rotatable bonds is 6. The number of carbonyl (C=O) groups excluding carboxylic acids is 1. The molecule has 1 amide bonds. The number of fused-ring (bicyclic) bond motifs is 2. The Labute approximate surface area is 223 Å². The van der Waals surface area contributed by atoms with Crippen LogP contribution in [0.5, 0.6) is 0 Å². The lowest BCUT2D eigenvalue weighted by Gasteiger charge is -2.12. The van der Waals surface area contributed by atoms with Gasteiger partial charge in [0, 0.05) is 34.0 Å². The highest BCUT2D eigenvalue weighted by Crippen LogP contribution is 2.34. The van der Waals surface area contributed by atoms with Gasteiger partial charge in [0.2, 0.25) is 5.91 Å². The number of anilines is 1. The van der Waals surface area contributed by atoms with Gasteiger partial charge in [-0.2, -0.15) is 5.10 Å². The zero-order chi connectivity index (χ0) is 27.1. The number of H-pyrrole nitrogens is 2. The van der Waals surface area contributed by atoms with Gasteiger partial charge in [-0.1, -0.05) is 18.2 Å². The first-order chi connectivity index (χ1) is 18.9. The van der Waals surface area contributed by atoms with Crippen molar-refractivity contribution in [2.45, 2.75) is 6.92 Å². The van der Waals surface area contributed by atoms with Gasteiger partial charge in [0.1, 0.15) is 17.0 Å². The van der Waals surface area contributed by atoms with Crippen molar-refractivity contribution in [3.8, 4) is 33.8 Å². The van der Waals surface area contributed by atoms with E-state index >= 15 is 0 Å². The van der Waals surface area contributed by atoms with Crippen molar-refractivity contribution < 1.29 is 9.18 Å². The van der Waals surface area contributed by atoms with E-state index in [2.05, 4.69) is 25.5 Å². The second kappa shape index (κ2) is 9.77. The number of aromatic amines is 2. The maximum absolute atomic E-state index is 14.6. The molecule has 3 N–H and O–H groups in total. The van der Waals surface area contributed by atoms with Gasteiger partial charge in [-0.3, -0.25) is 14.9 Å². The summed E-state index contributed by atoms with van der Waals surface area (Å²) in [6, 6.07) is 18.4. The maximum Gasteiger partial charge on any atom is 0.238 e. The molecule has 0 aliphatic heterocycles. The Morgan fingerprint density at radius 3 is 2.67 bits per heavy atom. The van der Waals surface area contributed by atoms with Crippen LogP contribution in [0, 0.1) is 12.7 Å². The number of benzene rings is 2. The van der Waals surface area contributed by atoms with Crippen LogP contribution in [0.2, 0.25) is 0 Å². The minimum Gasteiger partial charge on any atom is -0.352 e. The molecule has 0 spiro atoms. The summed E-state index contributed by atoms with van der Waals surface area (Å²) in [4.78, 5) is 26.8. The molecule has 0 unspecified atom stereocenters. The Morgan fingerprint density at radius 2 is 1.85 bits per heavy atom. The zero-order valence-corrected chi connectivity index (χ0v) is 21.7. The van der Waals surface area contributed by atoms with E-state index < -0.39 is 0 Å². The van der Waals surface area contributed by atoms with Crippen LogP contribution in [0.4, 0.5) is 10.1 Å². The minimum absolute atomic E-state index is 0.0832. The van der Waals surface area contributed by atoms with Gasteiger partial charge in [0.05, 0.1) is 35.2 Å². The predicted molar refractivity (Wildman–Crippen MR) is 152 cm³/mol. The molecule has 0 aliphatic rings. The van der Waals surface area contributed by atoms with Gasteiger partial charge in [0.15, 0.2) is 0 Å². The molecule has 0 radical (unpaired) electrons. The van der Waals surface area contributed by atoms with Gasteiger partial charge in [-0.25, -0.2) is 9.37 Å². The van der Waals surface area contributed by atoms with Crippen molar-refractivity contribution in [2.75, 3.05) is 26.0 Å². The number of carbonyl (C=O) groups is 1. The van der Waals surface area contributed by atoms with Crippen molar-refractivity contribution in [1.82, 2.24) is 30.0 Å². The predicted octanol–water partition coefficient (Wildman–Crippen LogP) is 5.78. The molecule has 6 aromatic rings. The molecule has 0 saturated heterocycles. The van der Waals surface area contributed by atoms with Crippen LogP contribution in [0.3, 0.4) is 0 Å². The molecule has 4 aromatic heterocycles. The average molecular weight is 520 g/mol. The smallest absolute Gasteiger partial charge is 0.238 e. The molecule has 8 nitrogen and oxygen atoms in total. The van der Waals surface area contributed by atoms with E-state index in [-0.39, 0.29) is 11.7 Å². The number of aromatic nitrogens is 5. The van der Waals surface area contributed by atoms with Gasteiger partial charge in [-0.05, 0) is 69.0 Å². The molecule has 39 heavy (non-hydrogen) atoms. The summed E-state index contributed by atoms with van der Waals surface area (Å²) >= 11 is 0. The van der Waals surface area contributed by atoms with E-state index in [0.29, 0.717) is 28.9 Å². The molecule has 194 valence electrons. The van der Waals surface area contributed by atoms with Gasteiger partial charge in [0.25, 0.3) is 0 Å². The summed E-state index contributed by atoms with van der Waals surface area (Å²) in [6.45, 7) is 2.28. The quantitative estimate of drug-likeness (QED) is 0.259. The molecule has 0 atom stereocenters. The van der Waals surface area contributed by atoms with Gasteiger partial charge in [-0.15, -0.1) is 0 Å². The standard InChI is InChI=1S/C30H26FN7O/c1-17-10-18(12-19(11-17)33-28(39)16-38(2)3)24-8-9-25-29(35-24)30(37-36-25)26-13-21-22(14-32-15-27(21)34-26)20-6-4-5-7-23(20)31/h4-15,34H,16H2,1-3H3,(H,33,39)(H,36,37). The number of nitrogens with one attached hydrogen (secondary N) is 3. The van der Waals surface area contributed by atoms with Crippen molar-refractivity contribution in [3.63, 3.8) is 0 Å². The molecule has 0 aliphatic carbocycles. The topological polar surface area (TPSA) is 103 Å². The van der Waals surface area contributed by atoms with Crippen LogP contribution >= 0.6 is 0 Å². The Morgan fingerprint density at radius 1 is 1.00 bits per heavy atom. The Bertz CT molecular complexity index is 1850. The average Bonchev–Trinajstić information content (AvgIpc) is 3.52. The molecular weight excluding hydrogens is 493 g/mol. The van der Waals surface area contributed by atoms with Crippen LogP contribution < -0.4 is 5.32 Å². The van der Waals surface area contributed by atoms with Crippen molar-refractivity contribution >= 4 is 33.5 Å². The highest BCUT2D eigenvalue weighted by molar-refractivity contribution is 6.00. The summed E-state index contributed by atoms with van der Waals surface area (Å²) in [5, 5.41) is 11.4. The molecule has 0 bridgehead atoms. The van der Waals surface area contributed by atoms with Crippen LogP contribution in [-0.2, 0) is 4.79 Å². The third-order valence-electron chi connectivity index (χ3n) is 6.49. The fraction of sp³-hybridized carbons (Fsp3) is 0.133. The summed E-state index contributed by atoms with van der Waals surface area (Å²) in [5.41, 5.74) is 8.18. The number of halogens is 1. The number of hydrogen-bond donors (Lipinski definition) is 3. The molecule has 0 saturated carbocycles. The highest BCUT2D eigenvalue weighted by Gasteiger charge is 2.17. The molecule has 6 rings (SSSR count). The van der Waals surface area contributed by atoms with E-state index in [1.54, 1.807) is 24.5 Å². The summed E-state index contributed by atoms with van der Waals surface area (Å²) in [5.74, 6) is -0.387. The third-order valence-corrected chi connectivity index (χ3v) is 6.49. The van der Waals surface area contributed by atoms with E-state index in [4.69, 9.17) is 4.98 Å². The normalized spacial score (nSPS) is 11.5. The Kier molecular flexibility index (Phi) is 6.12. The van der Waals surface area contributed by atoms with Crippen LogP contribution in [-0.4, -0.2) is 56.6 Å². The number of amides is 1. The number of hydrogen-bond acceptors (Lipinski definition) is 5. The molecular formula is C30H26FN7O. The summed E-state index contributed by atoms with van der Waals surface area (Å²) < 4.78 is 14.6. The number of aryl methyl sites for hydroxylation is 1. The van der Waals surface area contributed by atoms with E-state index in [0.717, 1.165) is 44.6 Å². The monoisotopic (exact) mass is 519 g/mol. The van der Waals surface area contributed by atoms with Crippen molar-refractivity contribution in [3.05, 3.63) is 84.4 Å². The SMILES string of the molecule is Cc1cc(NC(=O)CN(C)C)cc(-c2ccc3[nH]nc(-c4cc5c(-c6ccccc6F)cncc5[nH]4)c3n2)c1. The Hall–Kier alpha value is -4.89. The fourth-order valence-corrected chi connectivity index (χ4v) is 4.81. The van der Waals surface area contributed by atoms with Crippen LogP contribution in [0.1, 0.15) is 5.56 Å². The second-order valence-electron chi connectivity index (χ2n) is 9.85. The van der Waals surface area contributed by atoms with Crippen LogP contribution in [0.25, 0.3) is 55.7 Å². The lowest BCUT2D eigenvalue weighted by Crippen LogP contribution is -2.27. The van der Waals surface area contributed by atoms with Crippen molar-refractivity contribution in [1.29, 1.82) is 0 Å². The zero-order valence-electron chi connectivity index (χ0n) is 21.7. The number of pyridine rings is 2. The highest BCUT2D eigenvalue weighted by atomic mass is 19.1. The van der Waals surface area contributed by atoms with E-state index in [1.807, 2.05) is 68.4 Å². The molecule has 0 fully saturated rings. The first-order valence-electron chi connectivity index (χ1n) is 12.5. The molecule has 4 heterocycles. The van der Waals surface area contributed by atoms with Crippen molar-refractivity contribution in [2.24, 2.45) is 0 Å². The summed E-state index contributed by atoms with van der Waals surface area (Å²) in [6.07, 6.45) is 3.39. The number of nitrogens with zero attached hydrogens (tertiary/aromatic N) is 4. The van der Waals surface area contributed by atoms with E-state index in [9.17, 15) is 9.18 Å². The third kappa shape index (κ3) is 4.75. The summed E-state index contributed by atoms with van der Waals surface area (Å²) in [7, 11) is 3.71. The number of likely N-dealkylation sites (N-methyl/N-ethyl adjacent to an activating group) is 1. The largest absolute Gasteiger partial charge is 0.352 e. The van der Waals surface area contributed by atoms with Crippen LogP contribution in [0.15, 0.2) is 73.1 Å². The lowest BCUT2D eigenvalue weighted by atomic mass is 10.0. The minimum atomic E-state index is -0.304. The fourth-order valence-electron chi connectivity index (χ4n) is 4.81. The second-order valence-corrected chi connectivity index (χ2v) is 9.85. The molecule has 2 aromatic carbocycles. The molecule has 9 heteroatoms. The lowest BCUT2D eigenvalue weighted by molar-refractivity contribution is -0.116.